The number of aromatic nitrogens is 2. The van der Waals surface area contributed by atoms with Gasteiger partial charge in [-0.25, -0.2) is 0 Å². The molecule has 3 aromatic carbocycles. The van der Waals surface area contributed by atoms with Crippen molar-refractivity contribution in [3.63, 3.8) is 0 Å². The van der Waals surface area contributed by atoms with Gasteiger partial charge in [-0.05, 0) is 55.8 Å². The highest BCUT2D eigenvalue weighted by atomic mass is 16.5. The number of hydrogen-bond donors (Lipinski definition) is 1. The van der Waals surface area contributed by atoms with Crippen LogP contribution in [0.3, 0.4) is 0 Å². The van der Waals surface area contributed by atoms with E-state index in [1.54, 1.807) is 18.2 Å². The lowest BCUT2D eigenvalue weighted by Gasteiger charge is -2.16. The van der Waals surface area contributed by atoms with Crippen LogP contribution in [0.5, 0.6) is 17.2 Å². The van der Waals surface area contributed by atoms with Crippen LogP contribution in [0.15, 0.2) is 59.0 Å². The number of nitrogens with one attached hydrogen (secondary N) is 1. The zero-order valence-electron chi connectivity index (χ0n) is 18.8. The van der Waals surface area contributed by atoms with Crippen molar-refractivity contribution in [1.82, 2.24) is 10.2 Å². The Hall–Kier alpha value is -4.07. The summed E-state index contributed by atoms with van der Waals surface area (Å²) in [5.41, 5.74) is 1.08. The van der Waals surface area contributed by atoms with Gasteiger partial charge < -0.3 is 18.6 Å². The first-order valence-electron chi connectivity index (χ1n) is 10.8. The van der Waals surface area contributed by atoms with Gasteiger partial charge in [-0.3, -0.25) is 10.1 Å². The van der Waals surface area contributed by atoms with Crippen LogP contribution in [-0.4, -0.2) is 35.9 Å². The molecule has 4 rings (SSSR count). The van der Waals surface area contributed by atoms with E-state index in [4.69, 9.17) is 18.6 Å². The van der Waals surface area contributed by atoms with Crippen LogP contribution in [0.1, 0.15) is 31.1 Å². The topological polar surface area (TPSA) is 95.7 Å². The van der Waals surface area contributed by atoms with Gasteiger partial charge >= 0.3 is 6.01 Å². The third-order valence-corrected chi connectivity index (χ3v) is 4.81. The maximum absolute atomic E-state index is 12.7. The van der Waals surface area contributed by atoms with E-state index in [9.17, 15) is 4.79 Å². The van der Waals surface area contributed by atoms with Gasteiger partial charge in [0.2, 0.25) is 11.6 Å². The van der Waals surface area contributed by atoms with E-state index in [2.05, 4.69) is 15.5 Å². The molecule has 0 spiro atoms. The Morgan fingerprint density at radius 1 is 0.848 bits per heavy atom. The number of hydrogen-bond acceptors (Lipinski definition) is 7. The first-order valence-corrected chi connectivity index (χ1v) is 10.8. The first kappa shape index (κ1) is 22.1. The second kappa shape index (κ2) is 10.0. The zero-order chi connectivity index (χ0) is 23.2. The molecule has 4 aromatic rings. The highest BCUT2D eigenvalue weighted by Crippen LogP contribution is 2.41. The lowest BCUT2D eigenvalue weighted by atomic mass is 10.1. The summed E-state index contributed by atoms with van der Waals surface area (Å²) in [6.45, 7) is 7.02. The van der Waals surface area contributed by atoms with Gasteiger partial charge in [0.05, 0.1) is 19.8 Å². The highest BCUT2D eigenvalue weighted by Gasteiger charge is 2.19. The van der Waals surface area contributed by atoms with E-state index in [0.29, 0.717) is 48.2 Å². The van der Waals surface area contributed by atoms with E-state index in [0.717, 1.165) is 10.8 Å². The van der Waals surface area contributed by atoms with Crippen LogP contribution >= 0.6 is 0 Å². The second-order valence-electron chi connectivity index (χ2n) is 7.03. The van der Waals surface area contributed by atoms with Crippen molar-refractivity contribution in [1.29, 1.82) is 0 Å². The van der Waals surface area contributed by atoms with Crippen LogP contribution in [0, 0.1) is 0 Å². The van der Waals surface area contributed by atoms with Crippen molar-refractivity contribution in [2.75, 3.05) is 25.1 Å². The molecule has 0 aliphatic rings. The van der Waals surface area contributed by atoms with E-state index < -0.39 is 0 Å². The van der Waals surface area contributed by atoms with E-state index in [1.807, 2.05) is 57.2 Å². The van der Waals surface area contributed by atoms with Crippen molar-refractivity contribution in [2.24, 2.45) is 0 Å². The Morgan fingerprint density at radius 2 is 1.52 bits per heavy atom. The Balaban J connectivity index is 1.59. The van der Waals surface area contributed by atoms with Crippen molar-refractivity contribution in [3.8, 4) is 28.7 Å². The van der Waals surface area contributed by atoms with Gasteiger partial charge in [0.1, 0.15) is 0 Å². The minimum atomic E-state index is -0.340. The number of nitrogens with zero attached hydrogens (tertiary/aromatic N) is 2. The summed E-state index contributed by atoms with van der Waals surface area (Å²) in [7, 11) is 0. The second-order valence-corrected chi connectivity index (χ2v) is 7.03. The smallest absolute Gasteiger partial charge is 0.322 e. The SMILES string of the molecule is CCOc1cc(-c2nnc(NC(=O)c3ccc4ccccc4c3)o2)cc(OCC)c1OCC. The van der Waals surface area contributed by atoms with Gasteiger partial charge in [-0.2, -0.15) is 0 Å². The number of rotatable bonds is 9. The molecule has 0 atom stereocenters. The largest absolute Gasteiger partial charge is 0.490 e. The molecular formula is C25H25N3O5. The molecule has 0 aliphatic heterocycles. The standard InChI is InChI=1S/C25H25N3O5/c1-4-30-20-14-19(15-21(31-5-2)22(20)32-6-3)24-27-28-25(33-24)26-23(29)18-12-11-16-9-7-8-10-17(16)13-18/h7-15H,4-6H2,1-3H3,(H,26,28,29). The molecule has 8 nitrogen and oxygen atoms in total. The number of benzene rings is 3. The minimum absolute atomic E-state index is 0.00652. The fraction of sp³-hybridized carbons (Fsp3) is 0.240. The summed E-state index contributed by atoms with van der Waals surface area (Å²) in [6.07, 6.45) is 0. The number of carbonyl (C=O) groups excluding carboxylic acids is 1. The number of ether oxygens (including phenoxy) is 3. The van der Waals surface area contributed by atoms with Crippen molar-refractivity contribution in [2.45, 2.75) is 20.8 Å². The number of anilines is 1. The van der Waals surface area contributed by atoms with Crippen LogP contribution in [0.25, 0.3) is 22.2 Å². The Kier molecular flexibility index (Phi) is 6.73. The molecule has 0 radical (unpaired) electrons. The number of amides is 1. The van der Waals surface area contributed by atoms with E-state index >= 15 is 0 Å². The molecule has 33 heavy (non-hydrogen) atoms. The van der Waals surface area contributed by atoms with Crippen molar-refractivity contribution < 1.29 is 23.4 Å². The summed E-state index contributed by atoms with van der Waals surface area (Å²) in [5, 5.41) is 12.7. The highest BCUT2D eigenvalue weighted by molar-refractivity contribution is 6.05. The molecule has 170 valence electrons. The van der Waals surface area contributed by atoms with Crippen LogP contribution in [-0.2, 0) is 0 Å². The zero-order valence-corrected chi connectivity index (χ0v) is 18.8. The Bertz CT molecular complexity index is 1240. The van der Waals surface area contributed by atoms with E-state index in [-0.39, 0.29) is 17.8 Å². The normalized spacial score (nSPS) is 10.8. The fourth-order valence-electron chi connectivity index (χ4n) is 3.40. The average molecular weight is 447 g/mol. The quantitative estimate of drug-likeness (QED) is 0.370. The van der Waals surface area contributed by atoms with E-state index in [1.165, 1.54) is 0 Å². The summed E-state index contributed by atoms with van der Waals surface area (Å²) < 4.78 is 22.9. The summed E-state index contributed by atoms with van der Waals surface area (Å²) in [4.78, 5) is 12.7. The van der Waals surface area contributed by atoms with Gasteiger partial charge in [0.25, 0.3) is 5.91 Å². The molecule has 0 saturated heterocycles. The Morgan fingerprint density at radius 3 is 2.18 bits per heavy atom. The predicted molar refractivity (Wildman–Crippen MR) is 125 cm³/mol. The molecule has 0 fully saturated rings. The molecule has 0 unspecified atom stereocenters. The number of fused-ring (bicyclic) bond motifs is 1. The summed E-state index contributed by atoms with van der Waals surface area (Å²) >= 11 is 0. The van der Waals surface area contributed by atoms with Gasteiger partial charge in [0.15, 0.2) is 11.5 Å². The maximum Gasteiger partial charge on any atom is 0.322 e. The fourth-order valence-corrected chi connectivity index (χ4v) is 3.40. The van der Waals surface area contributed by atoms with Crippen LogP contribution < -0.4 is 19.5 Å². The molecular weight excluding hydrogens is 422 g/mol. The predicted octanol–water partition coefficient (Wildman–Crippen LogP) is 5.34. The van der Waals surface area contributed by atoms with Gasteiger partial charge in [0, 0.05) is 11.1 Å². The third-order valence-electron chi connectivity index (χ3n) is 4.81. The first-order chi connectivity index (χ1) is 16.1. The maximum atomic E-state index is 12.7. The van der Waals surface area contributed by atoms with Gasteiger partial charge in [-0.1, -0.05) is 35.4 Å². The van der Waals surface area contributed by atoms with Crippen molar-refractivity contribution >= 4 is 22.7 Å². The minimum Gasteiger partial charge on any atom is -0.490 e. The number of carbonyl (C=O) groups is 1. The molecule has 1 aromatic heterocycles. The molecule has 1 amide bonds. The molecule has 0 aliphatic carbocycles. The Labute approximate surface area is 191 Å². The molecule has 1 heterocycles. The monoisotopic (exact) mass is 447 g/mol. The lowest BCUT2D eigenvalue weighted by molar-refractivity contribution is 0.102. The molecule has 0 saturated carbocycles. The van der Waals surface area contributed by atoms with Gasteiger partial charge in [-0.15, -0.1) is 5.10 Å². The molecule has 1 N–H and O–H groups in total. The average Bonchev–Trinajstić information content (AvgIpc) is 3.29. The summed E-state index contributed by atoms with van der Waals surface area (Å²) in [5.74, 6) is 1.43. The molecule has 0 bridgehead atoms. The summed E-state index contributed by atoms with van der Waals surface area (Å²) in [6, 6.07) is 16.8. The van der Waals surface area contributed by atoms with Crippen LogP contribution in [0.4, 0.5) is 6.01 Å². The van der Waals surface area contributed by atoms with Crippen molar-refractivity contribution in [3.05, 3.63) is 60.2 Å². The third kappa shape index (κ3) is 4.90. The van der Waals surface area contributed by atoms with Crippen LogP contribution in [0.2, 0.25) is 0 Å². The lowest BCUT2D eigenvalue weighted by Crippen LogP contribution is -2.12. The molecule has 8 heteroatoms.